The summed E-state index contributed by atoms with van der Waals surface area (Å²) in [5.74, 6) is 0. The van der Waals surface area contributed by atoms with Gasteiger partial charge in [-0.1, -0.05) is 20.3 Å². The zero-order valence-corrected chi connectivity index (χ0v) is 11.0. The number of hydrogen-bond donors (Lipinski definition) is 1. The molecule has 0 spiro atoms. The molecule has 0 rings (SSSR count). The van der Waals surface area contributed by atoms with Crippen molar-refractivity contribution in [3.8, 4) is 0 Å². The van der Waals surface area contributed by atoms with Crippen molar-refractivity contribution in [2.24, 2.45) is 0 Å². The molecule has 0 aliphatic heterocycles. The number of rotatable bonds is 6. The molecule has 0 aliphatic carbocycles. The molecule has 88 valence electrons. The Hall–Kier alpha value is 0.0569. The third-order valence-electron chi connectivity index (χ3n) is 1.71. The molecule has 0 atom stereocenters. The van der Waals surface area contributed by atoms with Crippen molar-refractivity contribution in [1.29, 1.82) is 0 Å². The van der Waals surface area contributed by atoms with E-state index >= 15 is 0 Å². The number of aliphatic hydroxyl groups excluding tert-OH is 1. The molecule has 0 bridgehead atoms. The van der Waals surface area contributed by atoms with Gasteiger partial charge in [-0.25, -0.2) is 0 Å². The van der Waals surface area contributed by atoms with Gasteiger partial charge >= 0.3 is 8.80 Å². The van der Waals surface area contributed by atoms with Crippen molar-refractivity contribution in [1.82, 2.24) is 0 Å². The first-order chi connectivity index (χ1) is 6.66. The standard InChI is InChI=1S/C6H16O3Si.C3H8O/c1-5-6-10(7-2,8-3)9-4;1-2-3-4/h5-6H2,1-4H3;4H,2-3H2,1H3. The van der Waals surface area contributed by atoms with Gasteiger partial charge in [0, 0.05) is 34.0 Å². The Morgan fingerprint density at radius 3 is 1.36 bits per heavy atom. The van der Waals surface area contributed by atoms with E-state index in [9.17, 15) is 0 Å². The fourth-order valence-corrected chi connectivity index (χ4v) is 2.59. The summed E-state index contributed by atoms with van der Waals surface area (Å²) in [6.45, 7) is 4.33. The molecule has 1 N–H and O–H groups in total. The molecule has 0 aliphatic rings. The van der Waals surface area contributed by atoms with Crippen molar-refractivity contribution in [3.05, 3.63) is 0 Å². The Morgan fingerprint density at radius 1 is 0.929 bits per heavy atom. The van der Waals surface area contributed by atoms with Crippen LogP contribution >= 0.6 is 0 Å². The highest BCUT2D eigenvalue weighted by Gasteiger charge is 2.36. The van der Waals surface area contributed by atoms with Gasteiger partial charge in [0.15, 0.2) is 0 Å². The second kappa shape index (κ2) is 11.1. The van der Waals surface area contributed by atoms with E-state index in [-0.39, 0.29) is 0 Å². The van der Waals surface area contributed by atoms with Crippen molar-refractivity contribution in [2.75, 3.05) is 27.9 Å². The number of hydrogen-bond acceptors (Lipinski definition) is 4. The van der Waals surface area contributed by atoms with E-state index in [1.54, 1.807) is 21.3 Å². The predicted molar refractivity (Wildman–Crippen MR) is 59.3 cm³/mol. The summed E-state index contributed by atoms with van der Waals surface area (Å²) in [5, 5.41) is 7.88. The molecule has 0 unspecified atom stereocenters. The second-order valence-electron chi connectivity index (χ2n) is 2.77. The molecule has 4 nitrogen and oxygen atoms in total. The lowest BCUT2D eigenvalue weighted by Crippen LogP contribution is -2.42. The minimum atomic E-state index is -2.22. The fourth-order valence-electron chi connectivity index (χ4n) is 0.862. The molecule has 0 heterocycles. The summed E-state index contributed by atoms with van der Waals surface area (Å²) in [4.78, 5) is 0. The Bertz CT molecular complexity index is 96.7. The highest BCUT2D eigenvalue weighted by molar-refractivity contribution is 6.60. The molecule has 14 heavy (non-hydrogen) atoms. The predicted octanol–water partition coefficient (Wildman–Crippen LogP) is 1.66. The second-order valence-corrected chi connectivity index (χ2v) is 5.86. The maximum absolute atomic E-state index is 7.88. The average Bonchev–Trinajstić information content (AvgIpc) is 2.26. The lowest BCUT2D eigenvalue weighted by atomic mass is 10.5. The lowest BCUT2D eigenvalue weighted by molar-refractivity contribution is 0.123. The zero-order chi connectivity index (χ0) is 11.4. The van der Waals surface area contributed by atoms with E-state index in [2.05, 4.69) is 6.92 Å². The maximum Gasteiger partial charge on any atom is 0.500 e. The van der Waals surface area contributed by atoms with Crippen LogP contribution in [0, 0.1) is 0 Å². The van der Waals surface area contributed by atoms with E-state index < -0.39 is 8.80 Å². The van der Waals surface area contributed by atoms with E-state index in [0.717, 1.165) is 18.9 Å². The summed E-state index contributed by atoms with van der Waals surface area (Å²) in [7, 11) is 2.68. The summed E-state index contributed by atoms with van der Waals surface area (Å²) < 4.78 is 15.5. The highest BCUT2D eigenvalue weighted by Crippen LogP contribution is 2.13. The van der Waals surface area contributed by atoms with Crippen LogP contribution in [0.25, 0.3) is 0 Å². The zero-order valence-electron chi connectivity index (χ0n) is 10.0. The van der Waals surface area contributed by atoms with Crippen LogP contribution in [-0.2, 0) is 13.3 Å². The molecule has 0 aromatic carbocycles. The normalized spacial score (nSPS) is 10.7. The third kappa shape index (κ3) is 7.46. The van der Waals surface area contributed by atoms with Crippen LogP contribution in [0.15, 0.2) is 0 Å². The first-order valence-electron chi connectivity index (χ1n) is 4.92. The van der Waals surface area contributed by atoms with E-state index in [4.69, 9.17) is 18.4 Å². The van der Waals surface area contributed by atoms with E-state index in [1.165, 1.54) is 0 Å². The van der Waals surface area contributed by atoms with Crippen LogP contribution in [0.2, 0.25) is 6.04 Å². The molecule has 0 saturated carbocycles. The summed E-state index contributed by atoms with van der Waals surface area (Å²) in [5.41, 5.74) is 0. The first kappa shape index (κ1) is 16.5. The van der Waals surface area contributed by atoms with Crippen molar-refractivity contribution < 1.29 is 18.4 Å². The van der Waals surface area contributed by atoms with Crippen LogP contribution in [-0.4, -0.2) is 41.8 Å². The highest BCUT2D eigenvalue weighted by atomic mass is 28.4. The topological polar surface area (TPSA) is 47.9 Å². The molecule has 0 aromatic rings. The van der Waals surface area contributed by atoms with Gasteiger partial charge < -0.3 is 18.4 Å². The van der Waals surface area contributed by atoms with Gasteiger partial charge in [0.25, 0.3) is 0 Å². The maximum atomic E-state index is 7.88. The van der Waals surface area contributed by atoms with Gasteiger partial charge in [-0.3, -0.25) is 0 Å². The van der Waals surface area contributed by atoms with Crippen molar-refractivity contribution in [3.63, 3.8) is 0 Å². The minimum Gasteiger partial charge on any atom is -0.396 e. The van der Waals surface area contributed by atoms with Gasteiger partial charge in [-0.2, -0.15) is 0 Å². The molecule has 5 heteroatoms. The molecule has 0 radical (unpaired) electrons. The van der Waals surface area contributed by atoms with Crippen LogP contribution in [0.4, 0.5) is 0 Å². The monoisotopic (exact) mass is 224 g/mol. The Morgan fingerprint density at radius 2 is 1.29 bits per heavy atom. The summed E-state index contributed by atoms with van der Waals surface area (Å²) in [6.07, 6.45) is 1.90. The van der Waals surface area contributed by atoms with Crippen LogP contribution < -0.4 is 0 Å². The van der Waals surface area contributed by atoms with Gasteiger partial charge in [0.2, 0.25) is 0 Å². The van der Waals surface area contributed by atoms with Gasteiger partial charge in [0.1, 0.15) is 0 Å². The van der Waals surface area contributed by atoms with Crippen molar-refractivity contribution >= 4 is 8.80 Å². The van der Waals surface area contributed by atoms with E-state index in [1.807, 2.05) is 6.92 Å². The van der Waals surface area contributed by atoms with Gasteiger partial charge in [0.05, 0.1) is 0 Å². The van der Waals surface area contributed by atoms with Crippen molar-refractivity contribution in [2.45, 2.75) is 32.7 Å². The number of aliphatic hydroxyl groups is 1. The Balaban J connectivity index is 0. The molecule has 0 amide bonds. The van der Waals surface area contributed by atoms with Crippen LogP contribution in [0.1, 0.15) is 26.7 Å². The average molecular weight is 224 g/mol. The lowest BCUT2D eigenvalue weighted by Gasteiger charge is -2.23. The van der Waals surface area contributed by atoms with Gasteiger partial charge in [-0.05, 0) is 6.42 Å². The smallest absolute Gasteiger partial charge is 0.396 e. The van der Waals surface area contributed by atoms with Crippen LogP contribution in [0.3, 0.4) is 0 Å². The summed E-state index contributed by atoms with van der Waals surface area (Å²) >= 11 is 0. The van der Waals surface area contributed by atoms with Crippen LogP contribution in [0.5, 0.6) is 0 Å². The summed E-state index contributed by atoms with van der Waals surface area (Å²) in [6, 6.07) is 0.885. The quantitative estimate of drug-likeness (QED) is 0.697. The largest absolute Gasteiger partial charge is 0.500 e. The molecular formula is C9H24O4Si. The molecule has 0 aromatic heterocycles. The third-order valence-corrected chi connectivity index (χ3v) is 4.69. The fraction of sp³-hybridized carbons (Fsp3) is 1.00. The molecular weight excluding hydrogens is 200 g/mol. The molecule has 0 saturated heterocycles. The molecule has 0 fully saturated rings. The SMILES string of the molecule is CCCO.CCC[Si](OC)(OC)OC. The van der Waals surface area contributed by atoms with E-state index in [0.29, 0.717) is 6.61 Å². The van der Waals surface area contributed by atoms with Gasteiger partial charge in [-0.15, -0.1) is 0 Å². The first-order valence-corrected chi connectivity index (χ1v) is 6.85. The Kier molecular flexibility index (Phi) is 13.1. The Labute approximate surface area is 88.6 Å². The minimum absolute atomic E-state index is 0.319.